The van der Waals surface area contributed by atoms with Crippen molar-refractivity contribution in [1.82, 2.24) is 15.6 Å². The van der Waals surface area contributed by atoms with Gasteiger partial charge in [-0.15, -0.1) is 0 Å². The fraction of sp³-hybridized carbons (Fsp3) is 0.235. The van der Waals surface area contributed by atoms with Gasteiger partial charge in [0, 0.05) is 21.9 Å². The summed E-state index contributed by atoms with van der Waals surface area (Å²) in [7, 11) is 0. The summed E-state index contributed by atoms with van der Waals surface area (Å²) in [5, 5.41) is 5.36. The molecule has 1 aromatic carbocycles. The maximum absolute atomic E-state index is 12.1. The molecule has 24 heavy (non-hydrogen) atoms. The number of amides is 2. The van der Waals surface area contributed by atoms with E-state index in [9.17, 15) is 9.59 Å². The molecule has 2 aromatic rings. The number of carbonyl (C=O) groups excluding carboxylic acids is 2. The fourth-order valence-electron chi connectivity index (χ4n) is 1.98. The van der Waals surface area contributed by atoms with Crippen LogP contribution in [0.15, 0.2) is 42.6 Å². The van der Waals surface area contributed by atoms with Crippen LogP contribution in [-0.4, -0.2) is 29.9 Å². The summed E-state index contributed by atoms with van der Waals surface area (Å²) in [6.45, 7) is 2.58. The van der Waals surface area contributed by atoms with Gasteiger partial charge < -0.3 is 15.4 Å². The zero-order valence-corrected chi connectivity index (χ0v) is 15.4. The zero-order chi connectivity index (χ0) is 17.4. The van der Waals surface area contributed by atoms with Crippen LogP contribution in [-0.2, 0) is 11.3 Å². The second-order valence-electron chi connectivity index (χ2n) is 4.84. The van der Waals surface area contributed by atoms with Crippen LogP contribution in [0, 0.1) is 3.57 Å². The first-order valence-electron chi connectivity index (χ1n) is 7.48. The monoisotopic (exact) mass is 439 g/mol. The molecule has 0 atom stereocenters. The first-order chi connectivity index (χ1) is 11.6. The van der Waals surface area contributed by atoms with Crippen LogP contribution in [0.25, 0.3) is 0 Å². The van der Waals surface area contributed by atoms with Gasteiger partial charge in [0.25, 0.3) is 5.91 Å². The second kappa shape index (κ2) is 9.21. The molecule has 1 heterocycles. The number of rotatable bonds is 7. The minimum Gasteiger partial charge on any atom is -0.478 e. The predicted molar refractivity (Wildman–Crippen MR) is 98.7 cm³/mol. The van der Waals surface area contributed by atoms with Gasteiger partial charge in [0.15, 0.2) is 0 Å². The molecule has 0 fully saturated rings. The van der Waals surface area contributed by atoms with E-state index >= 15 is 0 Å². The van der Waals surface area contributed by atoms with Gasteiger partial charge in [-0.25, -0.2) is 4.98 Å². The molecule has 0 radical (unpaired) electrons. The van der Waals surface area contributed by atoms with Crippen LogP contribution in [0.5, 0.6) is 5.88 Å². The Labute approximate surface area is 154 Å². The van der Waals surface area contributed by atoms with Gasteiger partial charge in [-0.3, -0.25) is 9.59 Å². The summed E-state index contributed by atoms with van der Waals surface area (Å²) in [5.74, 6) is -0.0460. The minimum atomic E-state index is -0.277. The Morgan fingerprint density at radius 3 is 2.71 bits per heavy atom. The molecular formula is C17H18IN3O3. The summed E-state index contributed by atoms with van der Waals surface area (Å²) in [6, 6.07) is 10.8. The van der Waals surface area contributed by atoms with Gasteiger partial charge in [0.1, 0.15) is 0 Å². The van der Waals surface area contributed by atoms with Crippen LogP contribution < -0.4 is 15.4 Å². The van der Waals surface area contributed by atoms with Crippen molar-refractivity contribution in [2.24, 2.45) is 0 Å². The third kappa shape index (κ3) is 5.19. The third-order valence-electron chi connectivity index (χ3n) is 3.14. The van der Waals surface area contributed by atoms with Crippen LogP contribution in [0.4, 0.5) is 0 Å². The van der Waals surface area contributed by atoms with Gasteiger partial charge in [-0.1, -0.05) is 18.2 Å². The quantitative estimate of drug-likeness (QED) is 0.648. The number of ether oxygens (including phenoxy) is 1. The molecule has 0 unspecified atom stereocenters. The highest BCUT2D eigenvalue weighted by Crippen LogP contribution is 2.13. The molecule has 2 amide bonds. The highest BCUT2D eigenvalue weighted by atomic mass is 127. The molecule has 2 N–H and O–H groups in total. The average Bonchev–Trinajstić information content (AvgIpc) is 2.59. The smallest absolute Gasteiger partial charge is 0.252 e. The third-order valence-corrected chi connectivity index (χ3v) is 4.08. The number of aromatic nitrogens is 1. The summed E-state index contributed by atoms with van der Waals surface area (Å²) in [6.07, 6.45) is 1.64. The molecule has 0 saturated carbocycles. The van der Waals surface area contributed by atoms with Gasteiger partial charge in [0.05, 0.1) is 18.7 Å². The van der Waals surface area contributed by atoms with E-state index < -0.39 is 0 Å². The van der Waals surface area contributed by atoms with Gasteiger partial charge >= 0.3 is 0 Å². The predicted octanol–water partition coefficient (Wildman–Crippen LogP) is 2.13. The lowest BCUT2D eigenvalue weighted by molar-refractivity contribution is -0.120. The van der Waals surface area contributed by atoms with E-state index in [1.165, 1.54) is 0 Å². The molecule has 0 bridgehead atoms. The Hall–Kier alpha value is -2.16. The summed E-state index contributed by atoms with van der Waals surface area (Å²) in [5.41, 5.74) is 1.34. The maximum atomic E-state index is 12.1. The molecule has 0 aliphatic rings. The standard InChI is InChI=1S/C17H18IN3O3/c1-2-24-17-12(6-5-9-19-17)10-20-15(22)11-21-16(23)13-7-3-4-8-14(13)18/h3-9H,2,10-11H2,1H3,(H,20,22)(H,21,23). The van der Waals surface area contributed by atoms with Crippen molar-refractivity contribution >= 4 is 34.4 Å². The van der Waals surface area contributed by atoms with Crippen molar-refractivity contribution in [3.05, 3.63) is 57.3 Å². The van der Waals surface area contributed by atoms with E-state index in [4.69, 9.17) is 4.74 Å². The van der Waals surface area contributed by atoms with E-state index in [0.717, 1.165) is 9.13 Å². The highest BCUT2D eigenvalue weighted by molar-refractivity contribution is 14.1. The largest absolute Gasteiger partial charge is 0.478 e. The summed E-state index contributed by atoms with van der Waals surface area (Å²) in [4.78, 5) is 28.1. The normalized spacial score (nSPS) is 10.1. The topological polar surface area (TPSA) is 80.3 Å². The lowest BCUT2D eigenvalue weighted by Gasteiger charge is -2.10. The molecule has 6 nitrogen and oxygen atoms in total. The Kier molecular flexibility index (Phi) is 6.98. The van der Waals surface area contributed by atoms with Crippen molar-refractivity contribution < 1.29 is 14.3 Å². The summed E-state index contributed by atoms with van der Waals surface area (Å²) < 4.78 is 6.24. The van der Waals surface area contributed by atoms with E-state index in [1.54, 1.807) is 24.4 Å². The van der Waals surface area contributed by atoms with Crippen molar-refractivity contribution in [2.75, 3.05) is 13.2 Å². The fourth-order valence-corrected chi connectivity index (χ4v) is 2.62. The Bertz CT molecular complexity index is 722. The van der Waals surface area contributed by atoms with Gasteiger partial charge in [0.2, 0.25) is 11.8 Å². The van der Waals surface area contributed by atoms with Crippen molar-refractivity contribution in [3.8, 4) is 5.88 Å². The number of pyridine rings is 1. The molecule has 0 aliphatic carbocycles. The van der Waals surface area contributed by atoms with Crippen molar-refractivity contribution in [3.63, 3.8) is 0 Å². The van der Waals surface area contributed by atoms with Crippen LogP contribution in [0.1, 0.15) is 22.8 Å². The maximum Gasteiger partial charge on any atom is 0.252 e. The molecule has 0 saturated heterocycles. The molecule has 0 aliphatic heterocycles. The second-order valence-corrected chi connectivity index (χ2v) is 6.00. The highest BCUT2D eigenvalue weighted by Gasteiger charge is 2.11. The number of hydrogen-bond acceptors (Lipinski definition) is 4. The number of halogens is 1. The SMILES string of the molecule is CCOc1ncccc1CNC(=O)CNC(=O)c1ccccc1I. The first-order valence-corrected chi connectivity index (χ1v) is 8.55. The number of carbonyl (C=O) groups is 2. The van der Waals surface area contributed by atoms with Crippen molar-refractivity contribution in [1.29, 1.82) is 0 Å². The Balaban J connectivity index is 1.84. The van der Waals surface area contributed by atoms with E-state index in [1.807, 2.05) is 25.1 Å². The zero-order valence-electron chi connectivity index (χ0n) is 13.2. The number of benzene rings is 1. The van der Waals surface area contributed by atoms with Crippen LogP contribution in [0.3, 0.4) is 0 Å². The van der Waals surface area contributed by atoms with Crippen molar-refractivity contribution in [2.45, 2.75) is 13.5 Å². The van der Waals surface area contributed by atoms with Gasteiger partial charge in [-0.05, 0) is 47.7 Å². The summed E-state index contributed by atoms with van der Waals surface area (Å²) >= 11 is 2.09. The molecule has 2 rings (SSSR count). The number of nitrogens with one attached hydrogen (secondary N) is 2. The Morgan fingerprint density at radius 1 is 1.17 bits per heavy atom. The molecular weight excluding hydrogens is 421 g/mol. The van der Waals surface area contributed by atoms with E-state index in [-0.39, 0.29) is 18.4 Å². The van der Waals surface area contributed by atoms with Gasteiger partial charge in [-0.2, -0.15) is 0 Å². The molecule has 7 heteroatoms. The molecule has 126 valence electrons. The molecule has 0 spiro atoms. The number of nitrogens with zero attached hydrogens (tertiary/aromatic N) is 1. The first kappa shape index (κ1) is 18.2. The van der Waals surface area contributed by atoms with Crippen LogP contribution in [0.2, 0.25) is 0 Å². The minimum absolute atomic E-state index is 0.0892. The Morgan fingerprint density at radius 2 is 1.96 bits per heavy atom. The number of hydrogen-bond donors (Lipinski definition) is 2. The van der Waals surface area contributed by atoms with Crippen LogP contribution >= 0.6 is 22.6 Å². The lowest BCUT2D eigenvalue weighted by atomic mass is 10.2. The van der Waals surface area contributed by atoms with E-state index in [0.29, 0.717) is 24.6 Å². The lowest BCUT2D eigenvalue weighted by Crippen LogP contribution is -2.36. The average molecular weight is 439 g/mol. The van der Waals surface area contributed by atoms with E-state index in [2.05, 4.69) is 38.2 Å². The molecule has 1 aromatic heterocycles.